The number of hydrogen-bond acceptors (Lipinski definition) is 3. The summed E-state index contributed by atoms with van der Waals surface area (Å²) >= 11 is 5.24. The maximum absolute atomic E-state index is 10.3. The van der Waals surface area contributed by atoms with Gasteiger partial charge in [-0.15, -0.1) is 0 Å². The van der Waals surface area contributed by atoms with Gasteiger partial charge in [-0.2, -0.15) is 0 Å². The molecule has 0 bridgehead atoms. The highest BCUT2D eigenvalue weighted by Gasteiger charge is 2.15. The molecule has 1 aliphatic rings. The minimum absolute atomic E-state index is 0.107. The zero-order valence-corrected chi connectivity index (χ0v) is 12.1. The second-order valence-electron chi connectivity index (χ2n) is 5.01. The molecular formula is C15H15N3OS. The van der Waals surface area contributed by atoms with Gasteiger partial charge in [0.15, 0.2) is 4.77 Å². The van der Waals surface area contributed by atoms with Crippen molar-refractivity contribution in [1.82, 2.24) is 9.55 Å². The Morgan fingerprint density at radius 1 is 1.35 bits per heavy atom. The first kappa shape index (κ1) is 12.9. The maximum atomic E-state index is 10.3. The summed E-state index contributed by atoms with van der Waals surface area (Å²) in [5.41, 5.74) is 3.58. The van der Waals surface area contributed by atoms with Crippen LogP contribution in [0.25, 0.3) is 11.6 Å². The Labute approximate surface area is 122 Å². The summed E-state index contributed by atoms with van der Waals surface area (Å²) in [6, 6.07) is 8.02. The molecule has 0 unspecified atom stereocenters. The molecular weight excluding hydrogens is 270 g/mol. The molecule has 2 aromatic rings. The van der Waals surface area contributed by atoms with Gasteiger partial charge in [0.05, 0.1) is 5.69 Å². The lowest BCUT2D eigenvalue weighted by Gasteiger charge is -2.07. The number of nitrogens with one attached hydrogen (secondary N) is 1. The van der Waals surface area contributed by atoms with Gasteiger partial charge in [0.25, 0.3) is 0 Å². The van der Waals surface area contributed by atoms with Gasteiger partial charge in [-0.1, -0.05) is 18.2 Å². The van der Waals surface area contributed by atoms with E-state index in [0.717, 1.165) is 16.8 Å². The number of hydrogen-bond donors (Lipinski definition) is 2. The predicted octanol–water partition coefficient (Wildman–Crippen LogP) is 4.09. The van der Waals surface area contributed by atoms with Gasteiger partial charge in [-0.25, -0.2) is 0 Å². The van der Waals surface area contributed by atoms with Crippen LogP contribution in [-0.2, 0) is 0 Å². The first-order valence-electron chi connectivity index (χ1n) is 6.46. The molecule has 0 amide bonds. The number of allylic oxidation sites excluding steroid dienone is 1. The Kier molecular flexibility index (Phi) is 3.06. The number of aliphatic imine (C=N–C) groups is 1. The van der Waals surface area contributed by atoms with Crippen LogP contribution in [0.4, 0.5) is 5.69 Å². The number of benzene rings is 1. The highest BCUT2D eigenvalue weighted by Crippen LogP contribution is 2.33. The molecule has 0 saturated carbocycles. The number of imidazole rings is 1. The second kappa shape index (κ2) is 4.76. The quantitative estimate of drug-likeness (QED) is 0.817. The van der Waals surface area contributed by atoms with Gasteiger partial charge in [-0.05, 0) is 38.2 Å². The van der Waals surface area contributed by atoms with Gasteiger partial charge < -0.3 is 10.1 Å². The summed E-state index contributed by atoms with van der Waals surface area (Å²) in [7, 11) is 0. The molecule has 5 heteroatoms. The number of aromatic amines is 1. The summed E-state index contributed by atoms with van der Waals surface area (Å²) in [6.45, 7) is 3.96. The first-order chi connectivity index (χ1) is 9.58. The van der Waals surface area contributed by atoms with Crippen molar-refractivity contribution in [2.24, 2.45) is 4.99 Å². The molecule has 1 aromatic carbocycles. The summed E-state index contributed by atoms with van der Waals surface area (Å²) in [6.07, 6.45) is 3.67. The summed E-state index contributed by atoms with van der Waals surface area (Å²) in [5, 5.41) is 10.3. The largest absolute Gasteiger partial charge is 0.493 e. The Morgan fingerprint density at radius 3 is 2.80 bits per heavy atom. The van der Waals surface area contributed by atoms with Crippen molar-refractivity contribution in [1.29, 1.82) is 0 Å². The van der Waals surface area contributed by atoms with Gasteiger partial charge in [-0.3, -0.25) is 9.56 Å². The fourth-order valence-electron chi connectivity index (χ4n) is 2.35. The number of rotatable bonds is 2. The van der Waals surface area contributed by atoms with Crippen LogP contribution in [0, 0.1) is 4.77 Å². The smallest absolute Gasteiger partial charge is 0.217 e. The molecule has 0 radical (unpaired) electrons. The molecule has 102 valence electrons. The molecule has 3 rings (SSSR count). The number of aromatic nitrogens is 2. The van der Waals surface area contributed by atoms with E-state index < -0.39 is 0 Å². The highest BCUT2D eigenvalue weighted by atomic mass is 32.1. The lowest BCUT2D eigenvalue weighted by Crippen LogP contribution is -1.99. The summed E-state index contributed by atoms with van der Waals surface area (Å²) in [5.74, 6) is 0.162. The highest BCUT2D eigenvalue weighted by molar-refractivity contribution is 7.71. The number of nitrogens with zero attached hydrogens (tertiary/aromatic N) is 2. The molecule has 0 fully saturated rings. The number of aromatic hydroxyl groups is 1. The van der Waals surface area contributed by atoms with Crippen LogP contribution in [0.3, 0.4) is 0 Å². The van der Waals surface area contributed by atoms with Gasteiger partial charge in [0.1, 0.15) is 5.69 Å². The van der Waals surface area contributed by atoms with Crippen LogP contribution < -0.4 is 0 Å². The monoisotopic (exact) mass is 285 g/mol. The van der Waals surface area contributed by atoms with E-state index in [9.17, 15) is 5.11 Å². The lowest BCUT2D eigenvalue weighted by molar-refractivity contribution is 0.397. The Balaban J connectivity index is 2.10. The molecule has 20 heavy (non-hydrogen) atoms. The van der Waals surface area contributed by atoms with E-state index in [4.69, 9.17) is 12.2 Å². The van der Waals surface area contributed by atoms with Crippen molar-refractivity contribution in [3.8, 4) is 5.88 Å². The molecule has 1 aliphatic heterocycles. The van der Waals surface area contributed by atoms with Gasteiger partial charge in [0, 0.05) is 23.4 Å². The fraction of sp³-hybridized carbons (Fsp3) is 0.200. The molecule has 0 saturated heterocycles. The molecule has 0 atom stereocenters. The zero-order valence-electron chi connectivity index (χ0n) is 11.3. The molecule has 1 aromatic heterocycles. The first-order valence-corrected chi connectivity index (χ1v) is 6.87. The van der Waals surface area contributed by atoms with Gasteiger partial charge >= 0.3 is 0 Å². The van der Waals surface area contributed by atoms with Crippen molar-refractivity contribution in [3.63, 3.8) is 0 Å². The third kappa shape index (κ3) is 2.00. The zero-order chi connectivity index (χ0) is 14.3. The fourth-order valence-corrected chi connectivity index (χ4v) is 2.75. The van der Waals surface area contributed by atoms with E-state index in [0.29, 0.717) is 10.5 Å². The SMILES string of the molecule is CC(C)n1c(O)c(/C=C2\C=Nc3ccccc32)[nH]c1=S. The number of fused-ring (bicyclic) bond motifs is 1. The molecule has 0 spiro atoms. The van der Waals surface area contributed by atoms with Crippen molar-refractivity contribution in [2.45, 2.75) is 19.9 Å². The van der Waals surface area contributed by atoms with E-state index in [2.05, 4.69) is 9.98 Å². The Morgan fingerprint density at radius 2 is 2.10 bits per heavy atom. The van der Waals surface area contributed by atoms with E-state index in [1.165, 1.54) is 0 Å². The number of para-hydroxylation sites is 1. The van der Waals surface area contributed by atoms with E-state index in [1.54, 1.807) is 10.8 Å². The van der Waals surface area contributed by atoms with Crippen LogP contribution in [0.15, 0.2) is 29.3 Å². The van der Waals surface area contributed by atoms with Crippen LogP contribution in [-0.4, -0.2) is 20.9 Å². The van der Waals surface area contributed by atoms with Crippen LogP contribution in [0.1, 0.15) is 31.1 Å². The number of H-pyrrole nitrogens is 1. The summed E-state index contributed by atoms with van der Waals surface area (Å²) in [4.78, 5) is 7.39. The topological polar surface area (TPSA) is 53.3 Å². The lowest BCUT2D eigenvalue weighted by atomic mass is 10.1. The van der Waals surface area contributed by atoms with Crippen LogP contribution in [0.5, 0.6) is 5.88 Å². The standard InChI is InChI=1S/C15H15N3OS/c1-9(2)18-14(19)13(17-15(18)20)7-10-8-16-12-6-4-3-5-11(10)12/h3-9,19H,1-2H3,(H,17,20)/b10-7+. The summed E-state index contributed by atoms with van der Waals surface area (Å²) < 4.78 is 2.22. The maximum Gasteiger partial charge on any atom is 0.217 e. The van der Waals surface area contributed by atoms with Crippen molar-refractivity contribution >= 4 is 35.8 Å². The minimum atomic E-state index is 0.107. The van der Waals surface area contributed by atoms with Crippen molar-refractivity contribution < 1.29 is 5.11 Å². The molecule has 2 N–H and O–H groups in total. The molecule has 0 aliphatic carbocycles. The second-order valence-corrected chi connectivity index (χ2v) is 5.39. The van der Waals surface area contributed by atoms with Crippen molar-refractivity contribution in [3.05, 3.63) is 40.3 Å². The Bertz CT molecular complexity index is 781. The molecule has 4 nitrogen and oxygen atoms in total. The normalized spacial score (nSPS) is 15.2. The van der Waals surface area contributed by atoms with Gasteiger partial charge in [0.2, 0.25) is 5.88 Å². The molecule has 2 heterocycles. The third-order valence-electron chi connectivity index (χ3n) is 3.30. The van der Waals surface area contributed by atoms with E-state index in [1.807, 2.05) is 44.2 Å². The minimum Gasteiger partial charge on any atom is -0.493 e. The average Bonchev–Trinajstić information content (AvgIpc) is 2.93. The van der Waals surface area contributed by atoms with E-state index >= 15 is 0 Å². The Hall–Kier alpha value is -2.14. The third-order valence-corrected chi connectivity index (χ3v) is 3.60. The van der Waals surface area contributed by atoms with E-state index in [-0.39, 0.29) is 11.9 Å². The van der Waals surface area contributed by atoms with Crippen LogP contribution >= 0.6 is 12.2 Å². The van der Waals surface area contributed by atoms with Crippen molar-refractivity contribution in [2.75, 3.05) is 0 Å². The predicted molar refractivity (Wildman–Crippen MR) is 84.1 cm³/mol. The average molecular weight is 285 g/mol. The van der Waals surface area contributed by atoms with Crippen LogP contribution in [0.2, 0.25) is 0 Å².